The molecule has 2 heterocycles. The van der Waals surface area contributed by atoms with E-state index >= 15 is 0 Å². The summed E-state index contributed by atoms with van der Waals surface area (Å²) in [6.45, 7) is 9.14. The highest BCUT2D eigenvalue weighted by Gasteiger charge is 2.31. The number of rotatable bonds is 4. The monoisotopic (exact) mass is 323 g/mol. The average Bonchev–Trinajstić information content (AvgIpc) is 2.87. The minimum atomic E-state index is -0.995. The highest BCUT2D eigenvalue weighted by molar-refractivity contribution is 5.74. The van der Waals surface area contributed by atoms with Crippen molar-refractivity contribution >= 4 is 5.97 Å². The Labute approximate surface area is 138 Å². The number of aromatic nitrogens is 2. The second kappa shape index (κ2) is 7.01. The fraction of sp³-hybridized carbons (Fsp3) is 0.765. The van der Waals surface area contributed by atoms with Gasteiger partial charge in [0.15, 0.2) is 6.10 Å². The number of carbonyl (C=O) groups is 1. The standard InChI is InChI=1S/C17H29N3O3/c1-17(2,3)15-13(10-19(4)18-15)11-20-8-6-12(7-9-20)14(21)16(22)23-5/h10,12,14,21H,6-9,11H2,1-5H3. The van der Waals surface area contributed by atoms with Crippen LogP contribution in [0.15, 0.2) is 6.20 Å². The van der Waals surface area contributed by atoms with Crippen molar-refractivity contribution in [2.75, 3.05) is 20.2 Å². The van der Waals surface area contributed by atoms with E-state index < -0.39 is 12.1 Å². The first-order chi connectivity index (χ1) is 10.7. The van der Waals surface area contributed by atoms with E-state index in [0.29, 0.717) is 0 Å². The topological polar surface area (TPSA) is 67.6 Å². The minimum absolute atomic E-state index is 0.00492. The van der Waals surface area contributed by atoms with Crippen molar-refractivity contribution in [2.24, 2.45) is 13.0 Å². The number of ether oxygens (including phenoxy) is 1. The number of hydrogen-bond acceptors (Lipinski definition) is 5. The summed E-state index contributed by atoms with van der Waals surface area (Å²) < 4.78 is 6.51. The van der Waals surface area contributed by atoms with Crippen LogP contribution in [-0.2, 0) is 28.5 Å². The number of piperidine rings is 1. The van der Waals surface area contributed by atoms with E-state index in [1.54, 1.807) is 0 Å². The lowest BCUT2D eigenvalue weighted by atomic mass is 9.88. The van der Waals surface area contributed by atoms with Gasteiger partial charge in [-0.25, -0.2) is 4.79 Å². The molecule has 1 aromatic heterocycles. The summed E-state index contributed by atoms with van der Waals surface area (Å²) in [6, 6.07) is 0. The highest BCUT2D eigenvalue weighted by Crippen LogP contribution is 2.27. The van der Waals surface area contributed by atoms with Gasteiger partial charge in [-0.15, -0.1) is 0 Å². The Morgan fingerprint density at radius 3 is 2.57 bits per heavy atom. The van der Waals surface area contributed by atoms with Crippen LogP contribution in [0.4, 0.5) is 0 Å². The molecule has 0 radical (unpaired) electrons. The van der Waals surface area contributed by atoms with Gasteiger partial charge in [-0.1, -0.05) is 20.8 Å². The Bertz CT molecular complexity index is 540. The molecule has 1 unspecified atom stereocenters. The summed E-state index contributed by atoms with van der Waals surface area (Å²) in [4.78, 5) is 13.8. The van der Waals surface area contributed by atoms with Crippen molar-refractivity contribution in [3.63, 3.8) is 0 Å². The van der Waals surface area contributed by atoms with E-state index in [1.807, 2.05) is 11.7 Å². The number of methoxy groups -OCH3 is 1. The third-order valence-electron chi connectivity index (χ3n) is 4.53. The Hall–Kier alpha value is -1.40. The van der Waals surface area contributed by atoms with Gasteiger partial charge < -0.3 is 9.84 Å². The Morgan fingerprint density at radius 1 is 1.43 bits per heavy atom. The van der Waals surface area contributed by atoms with Crippen molar-refractivity contribution in [1.82, 2.24) is 14.7 Å². The summed E-state index contributed by atoms with van der Waals surface area (Å²) in [5, 5.41) is 14.6. The number of aliphatic hydroxyl groups is 1. The first-order valence-corrected chi connectivity index (χ1v) is 8.23. The highest BCUT2D eigenvalue weighted by atomic mass is 16.5. The quantitative estimate of drug-likeness (QED) is 0.850. The zero-order chi connectivity index (χ0) is 17.2. The normalized spacial score (nSPS) is 18.9. The Balaban J connectivity index is 1.96. The minimum Gasteiger partial charge on any atom is -0.467 e. The van der Waals surface area contributed by atoms with Crippen molar-refractivity contribution < 1.29 is 14.6 Å². The van der Waals surface area contributed by atoms with Crippen LogP contribution in [-0.4, -0.2) is 52.1 Å². The fourth-order valence-corrected chi connectivity index (χ4v) is 3.27. The molecule has 0 aliphatic carbocycles. The van der Waals surface area contributed by atoms with Crippen LogP contribution in [0, 0.1) is 5.92 Å². The molecule has 1 N–H and O–H groups in total. The van der Waals surface area contributed by atoms with Crippen LogP contribution in [0.1, 0.15) is 44.9 Å². The van der Waals surface area contributed by atoms with E-state index in [0.717, 1.165) is 38.2 Å². The number of aliphatic hydroxyl groups excluding tert-OH is 1. The van der Waals surface area contributed by atoms with E-state index in [2.05, 4.69) is 41.7 Å². The molecular weight excluding hydrogens is 294 g/mol. The number of hydrogen-bond donors (Lipinski definition) is 1. The maximum absolute atomic E-state index is 11.4. The van der Waals surface area contributed by atoms with Gasteiger partial charge in [0.1, 0.15) is 0 Å². The zero-order valence-corrected chi connectivity index (χ0v) is 14.9. The number of nitrogens with zero attached hydrogens (tertiary/aromatic N) is 3. The number of esters is 1. The van der Waals surface area contributed by atoms with Crippen molar-refractivity contribution in [3.05, 3.63) is 17.5 Å². The van der Waals surface area contributed by atoms with E-state index in [1.165, 1.54) is 12.7 Å². The molecule has 0 bridgehead atoms. The lowest BCUT2D eigenvalue weighted by Crippen LogP contribution is -2.40. The third kappa shape index (κ3) is 4.32. The van der Waals surface area contributed by atoms with Gasteiger partial charge >= 0.3 is 5.97 Å². The van der Waals surface area contributed by atoms with Crippen LogP contribution >= 0.6 is 0 Å². The van der Waals surface area contributed by atoms with E-state index in [9.17, 15) is 9.90 Å². The number of carbonyl (C=O) groups excluding carboxylic acids is 1. The maximum atomic E-state index is 11.4. The van der Waals surface area contributed by atoms with Crippen LogP contribution in [0.3, 0.4) is 0 Å². The van der Waals surface area contributed by atoms with Crippen molar-refractivity contribution in [3.8, 4) is 0 Å². The molecule has 1 aromatic rings. The van der Waals surface area contributed by atoms with Crippen molar-refractivity contribution in [1.29, 1.82) is 0 Å². The molecule has 0 saturated carbocycles. The Morgan fingerprint density at radius 2 is 2.04 bits per heavy atom. The fourth-order valence-electron chi connectivity index (χ4n) is 3.27. The smallest absolute Gasteiger partial charge is 0.334 e. The molecule has 2 rings (SSSR count). The molecule has 6 heteroatoms. The number of likely N-dealkylation sites (tertiary alicyclic amines) is 1. The molecule has 130 valence electrons. The lowest BCUT2D eigenvalue weighted by molar-refractivity contribution is -0.154. The van der Waals surface area contributed by atoms with Gasteiger partial charge in [-0.05, 0) is 31.8 Å². The van der Waals surface area contributed by atoms with Gasteiger partial charge in [0.25, 0.3) is 0 Å². The molecular formula is C17H29N3O3. The first-order valence-electron chi connectivity index (χ1n) is 8.23. The average molecular weight is 323 g/mol. The van der Waals surface area contributed by atoms with Crippen LogP contribution in [0.5, 0.6) is 0 Å². The second-order valence-corrected chi connectivity index (χ2v) is 7.51. The molecule has 1 saturated heterocycles. The molecule has 1 fully saturated rings. The SMILES string of the molecule is COC(=O)C(O)C1CCN(Cc2cn(C)nc2C(C)(C)C)CC1. The van der Waals surface area contributed by atoms with Gasteiger partial charge in [0.05, 0.1) is 12.8 Å². The van der Waals surface area contributed by atoms with Gasteiger partial charge in [-0.2, -0.15) is 5.10 Å². The van der Waals surface area contributed by atoms with E-state index in [-0.39, 0.29) is 11.3 Å². The van der Waals surface area contributed by atoms with Gasteiger partial charge in [-0.3, -0.25) is 9.58 Å². The predicted molar refractivity (Wildman–Crippen MR) is 87.9 cm³/mol. The zero-order valence-electron chi connectivity index (χ0n) is 14.9. The van der Waals surface area contributed by atoms with E-state index in [4.69, 9.17) is 0 Å². The first kappa shape index (κ1) is 17.9. The molecule has 1 atom stereocenters. The summed E-state index contributed by atoms with van der Waals surface area (Å²) in [5.41, 5.74) is 2.42. The molecule has 0 spiro atoms. The third-order valence-corrected chi connectivity index (χ3v) is 4.53. The molecule has 0 aromatic carbocycles. The molecule has 23 heavy (non-hydrogen) atoms. The second-order valence-electron chi connectivity index (χ2n) is 7.51. The molecule has 6 nitrogen and oxygen atoms in total. The Kier molecular flexibility index (Phi) is 5.47. The van der Waals surface area contributed by atoms with Crippen LogP contribution < -0.4 is 0 Å². The summed E-state index contributed by atoms with van der Waals surface area (Å²) in [7, 11) is 3.27. The summed E-state index contributed by atoms with van der Waals surface area (Å²) >= 11 is 0. The van der Waals surface area contributed by atoms with Gasteiger partial charge in [0.2, 0.25) is 0 Å². The summed E-state index contributed by atoms with van der Waals surface area (Å²) in [6.07, 6.45) is 2.71. The van der Waals surface area contributed by atoms with Crippen molar-refractivity contribution in [2.45, 2.75) is 51.7 Å². The maximum Gasteiger partial charge on any atom is 0.334 e. The molecule has 1 aliphatic rings. The number of aryl methyl sites for hydroxylation is 1. The largest absolute Gasteiger partial charge is 0.467 e. The van der Waals surface area contributed by atoms with Crippen LogP contribution in [0.25, 0.3) is 0 Å². The molecule has 1 aliphatic heterocycles. The van der Waals surface area contributed by atoms with Crippen LogP contribution in [0.2, 0.25) is 0 Å². The molecule has 0 amide bonds. The lowest BCUT2D eigenvalue weighted by Gasteiger charge is -2.33. The summed E-state index contributed by atoms with van der Waals surface area (Å²) in [5.74, 6) is -0.527. The van der Waals surface area contributed by atoms with Gasteiger partial charge in [0, 0.05) is 30.8 Å². The predicted octanol–water partition coefficient (Wildman–Crippen LogP) is 1.46.